The summed E-state index contributed by atoms with van der Waals surface area (Å²) in [5.74, 6) is 0. The average molecular weight is 321 g/mol. The summed E-state index contributed by atoms with van der Waals surface area (Å²) in [5.41, 5.74) is 2.90. The highest BCUT2D eigenvalue weighted by Gasteiger charge is 2.41. The second kappa shape index (κ2) is 6.55. The molecule has 0 radical (unpaired) electrons. The number of piperidine rings is 1. The van der Waals surface area contributed by atoms with Crippen molar-refractivity contribution >= 4 is 23.0 Å². The number of anilines is 1. The lowest BCUT2D eigenvalue weighted by Crippen LogP contribution is -3.06. The number of rotatable bonds is 3. The van der Waals surface area contributed by atoms with Crippen LogP contribution in [0.15, 0.2) is 24.3 Å². The molecular weight excluding hydrogens is 290 g/mol. The standard InChI is InChI=1S/C18H29N3S/c1-6-13-9-7-8-10-15(13)20-16(22)19-14-11-17(2,3)21-18(4,5)12-14/h7-10,14,21H,6,11-12H2,1-5H3,(H2,19,20,22)/p+1. The Labute approximate surface area is 140 Å². The van der Waals surface area contributed by atoms with Gasteiger partial charge in [0, 0.05) is 24.6 Å². The molecular formula is C18H30N3S+. The van der Waals surface area contributed by atoms with Crippen LogP contribution >= 0.6 is 12.2 Å². The van der Waals surface area contributed by atoms with Crippen molar-refractivity contribution in [3.63, 3.8) is 0 Å². The first kappa shape index (κ1) is 17.2. The average Bonchev–Trinajstić information content (AvgIpc) is 2.35. The molecule has 3 nitrogen and oxygen atoms in total. The third-order valence-corrected chi connectivity index (χ3v) is 4.53. The summed E-state index contributed by atoms with van der Waals surface area (Å²) in [7, 11) is 0. The lowest BCUT2D eigenvalue weighted by molar-refractivity contribution is -0.787. The van der Waals surface area contributed by atoms with Gasteiger partial charge in [-0.1, -0.05) is 25.1 Å². The second-order valence-corrected chi connectivity index (χ2v) is 8.24. The van der Waals surface area contributed by atoms with Crippen molar-refractivity contribution in [2.45, 2.75) is 71.0 Å². The molecule has 0 amide bonds. The van der Waals surface area contributed by atoms with E-state index < -0.39 is 0 Å². The van der Waals surface area contributed by atoms with E-state index in [2.05, 4.69) is 68.8 Å². The molecule has 4 heteroatoms. The molecule has 2 rings (SSSR count). The number of quaternary nitrogens is 1. The molecule has 0 atom stereocenters. The molecule has 0 aromatic heterocycles. The van der Waals surface area contributed by atoms with Gasteiger partial charge in [-0.05, 0) is 58.0 Å². The Morgan fingerprint density at radius 2 is 1.77 bits per heavy atom. The van der Waals surface area contributed by atoms with Crippen LogP contribution in [0.5, 0.6) is 0 Å². The minimum Gasteiger partial charge on any atom is -0.359 e. The molecule has 1 saturated heterocycles. The third kappa shape index (κ3) is 4.68. The molecule has 0 spiro atoms. The number of nitrogens with two attached hydrogens (primary N) is 1. The number of aryl methyl sites for hydroxylation is 1. The van der Waals surface area contributed by atoms with Crippen LogP contribution in [0.25, 0.3) is 0 Å². The molecule has 1 aromatic rings. The molecule has 1 aromatic carbocycles. The Morgan fingerprint density at radius 1 is 1.18 bits per heavy atom. The number of hydrogen-bond acceptors (Lipinski definition) is 1. The lowest BCUT2D eigenvalue weighted by Gasteiger charge is -2.43. The van der Waals surface area contributed by atoms with Gasteiger partial charge in [0.2, 0.25) is 0 Å². The van der Waals surface area contributed by atoms with E-state index in [1.807, 2.05) is 6.07 Å². The van der Waals surface area contributed by atoms with E-state index in [9.17, 15) is 0 Å². The smallest absolute Gasteiger partial charge is 0.171 e. The van der Waals surface area contributed by atoms with Crippen molar-refractivity contribution in [2.24, 2.45) is 0 Å². The molecule has 22 heavy (non-hydrogen) atoms. The second-order valence-electron chi connectivity index (χ2n) is 7.84. The Balaban J connectivity index is 2.00. The summed E-state index contributed by atoms with van der Waals surface area (Å²) in [6.07, 6.45) is 3.24. The van der Waals surface area contributed by atoms with Gasteiger partial charge >= 0.3 is 0 Å². The van der Waals surface area contributed by atoms with E-state index in [4.69, 9.17) is 12.2 Å². The van der Waals surface area contributed by atoms with Gasteiger partial charge in [-0.25, -0.2) is 0 Å². The molecule has 0 unspecified atom stereocenters. The van der Waals surface area contributed by atoms with E-state index >= 15 is 0 Å². The minimum atomic E-state index is 0.246. The number of hydrogen-bond donors (Lipinski definition) is 3. The first-order chi connectivity index (χ1) is 10.2. The Bertz CT molecular complexity index is 521. The van der Waals surface area contributed by atoms with Gasteiger partial charge in [-0.2, -0.15) is 0 Å². The van der Waals surface area contributed by atoms with Gasteiger partial charge < -0.3 is 16.0 Å². The van der Waals surface area contributed by atoms with Crippen LogP contribution in [0.2, 0.25) is 0 Å². The van der Waals surface area contributed by atoms with Crippen LogP contribution in [0.3, 0.4) is 0 Å². The number of benzene rings is 1. The quantitative estimate of drug-likeness (QED) is 0.750. The van der Waals surface area contributed by atoms with Crippen LogP contribution in [0.1, 0.15) is 53.0 Å². The highest BCUT2D eigenvalue weighted by Crippen LogP contribution is 2.22. The number of para-hydroxylation sites is 1. The minimum absolute atomic E-state index is 0.246. The van der Waals surface area contributed by atoms with Crippen molar-refractivity contribution in [1.82, 2.24) is 5.32 Å². The molecule has 122 valence electrons. The summed E-state index contributed by atoms with van der Waals surface area (Å²) in [4.78, 5) is 0. The van der Waals surface area contributed by atoms with Crippen LogP contribution in [-0.4, -0.2) is 22.2 Å². The van der Waals surface area contributed by atoms with Gasteiger partial charge in [0.15, 0.2) is 5.11 Å². The summed E-state index contributed by atoms with van der Waals surface area (Å²) < 4.78 is 0. The molecule has 1 aliphatic rings. The summed E-state index contributed by atoms with van der Waals surface area (Å²) in [5, 5.41) is 10.1. The zero-order chi connectivity index (χ0) is 16.4. The fourth-order valence-electron chi connectivity index (χ4n) is 3.91. The van der Waals surface area contributed by atoms with Crippen molar-refractivity contribution in [3.05, 3.63) is 29.8 Å². The van der Waals surface area contributed by atoms with Crippen LogP contribution in [0.4, 0.5) is 5.69 Å². The summed E-state index contributed by atoms with van der Waals surface area (Å²) in [6, 6.07) is 8.78. The fraction of sp³-hybridized carbons (Fsp3) is 0.611. The molecule has 0 saturated carbocycles. The predicted molar refractivity (Wildman–Crippen MR) is 98.3 cm³/mol. The summed E-state index contributed by atoms with van der Waals surface area (Å²) in [6.45, 7) is 11.4. The predicted octanol–water partition coefficient (Wildman–Crippen LogP) is 2.82. The molecule has 4 N–H and O–H groups in total. The maximum Gasteiger partial charge on any atom is 0.171 e. The molecule has 0 aliphatic carbocycles. The third-order valence-electron chi connectivity index (χ3n) is 4.31. The highest BCUT2D eigenvalue weighted by molar-refractivity contribution is 7.80. The molecule has 0 bridgehead atoms. The van der Waals surface area contributed by atoms with Gasteiger partial charge in [-0.15, -0.1) is 0 Å². The SMILES string of the molecule is CCc1ccccc1NC(=S)NC1CC(C)(C)[NH2+]C(C)(C)C1. The molecule has 1 heterocycles. The van der Waals surface area contributed by atoms with Gasteiger partial charge in [0.05, 0.1) is 11.1 Å². The normalized spacial score (nSPS) is 20.4. The van der Waals surface area contributed by atoms with Gasteiger partial charge in [-0.3, -0.25) is 0 Å². The van der Waals surface area contributed by atoms with E-state index in [-0.39, 0.29) is 11.1 Å². The van der Waals surface area contributed by atoms with Crippen molar-refractivity contribution in [2.75, 3.05) is 5.32 Å². The first-order valence-corrected chi connectivity index (χ1v) is 8.64. The van der Waals surface area contributed by atoms with Crippen LogP contribution in [-0.2, 0) is 6.42 Å². The Kier molecular flexibility index (Phi) is 5.13. The largest absolute Gasteiger partial charge is 0.359 e. The van der Waals surface area contributed by atoms with E-state index in [1.165, 1.54) is 5.56 Å². The number of nitrogens with one attached hydrogen (secondary N) is 2. The van der Waals surface area contributed by atoms with Crippen LogP contribution in [0, 0.1) is 0 Å². The van der Waals surface area contributed by atoms with Crippen molar-refractivity contribution in [1.29, 1.82) is 0 Å². The van der Waals surface area contributed by atoms with E-state index in [0.717, 1.165) is 30.1 Å². The highest BCUT2D eigenvalue weighted by atomic mass is 32.1. The van der Waals surface area contributed by atoms with E-state index in [0.29, 0.717) is 6.04 Å². The molecule has 1 fully saturated rings. The number of thiocarbonyl (C=S) groups is 1. The zero-order valence-corrected chi connectivity index (χ0v) is 15.3. The monoisotopic (exact) mass is 320 g/mol. The zero-order valence-electron chi connectivity index (χ0n) is 14.5. The van der Waals surface area contributed by atoms with Gasteiger partial charge in [0.25, 0.3) is 0 Å². The van der Waals surface area contributed by atoms with Crippen LogP contribution < -0.4 is 16.0 Å². The lowest BCUT2D eigenvalue weighted by atomic mass is 9.80. The topological polar surface area (TPSA) is 40.7 Å². The summed E-state index contributed by atoms with van der Waals surface area (Å²) >= 11 is 5.54. The maximum atomic E-state index is 5.54. The first-order valence-electron chi connectivity index (χ1n) is 8.23. The van der Waals surface area contributed by atoms with Gasteiger partial charge in [0.1, 0.15) is 0 Å². The Morgan fingerprint density at radius 3 is 2.36 bits per heavy atom. The fourth-order valence-corrected chi connectivity index (χ4v) is 4.19. The maximum absolute atomic E-state index is 5.54. The van der Waals surface area contributed by atoms with Crippen molar-refractivity contribution in [3.8, 4) is 0 Å². The van der Waals surface area contributed by atoms with Crippen molar-refractivity contribution < 1.29 is 5.32 Å². The van der Waals surface area contributed by atoms with E-state index in [1.54, 1.807) is 0 Å². The Hall–Kier alpha value is -1.13. The molecule has 1 aliphatic heterocycles.